The molecule has 2 aromatic rings. The maximum absolute atomic E-state index is 2.34. The molecule has 1 aliphatic rings. The minimum atomic E-state index is 1.08. The molecular formula is C21H24. The van der Waals surface area contributed by atoms with Crippen molar-refractivity contribution in [3.8, 4) is 0 Å². The Hall–Kier alpha value is -1.82. The van der Waals surface area contributed by atoms with Gasteiger partial charge in [0.05, 0.1) is 0 Å². The SMILES string of the molecule is CCCCCCc1ccc(C2=Cc3ccccc3C2)cc1. The Kier molecular flexibility index (Phi) is 4.55. The highest BCUT2D eigenvalue weighted by Crippen LogP contribution is 2.31. The molecule has 0 amide bonds. The quantitative estimate of drug-likeness (QED) is 0.576. The van der Waals surface area contributed by atoms with Crippen LogP contribution >= 0.6 is 0 Å². The number of benzene rings is 2. The number of rotatable bonds is 6. The molecule has 0 saturated heterocycles. The Balaban J connectivity index is 1.63. The number of allylic oxidation sites excluding steroid dienone is 1. The molecule has 0 spiro atoms. The first kappa shape index (κ1) is 14.1. The third-order valence-electron chi connectivity index (χ3n) is 4.41. The van der Waals surface area contributed by atoms with Crippen molar-refractivity contribution in [2.45, 2.75) is 45.4 Å². The van der Waals surface area contributed by atoms with Gasteiger partial charge in [0.2, 0.25) is 0 Å². The summed E-state index contributed by atoms with van der Waals surface area (Å²) in [5.74, 6) is 0. The van der Waals surface area contributed by atoms with Crippen LogP contribution in [0.1, 0.15) is 54.9 Å². The van der Waals surface area contributed by atoms with E-state index in [2.05, 4.69) is 61.5 Å². The van der Waals surface area contributed by atoms with Gasteiger partial charge in [-0.2, -0.15) is 0 Å². The van der Waals surface area contributed by atoms with Gasteiger partial charge in [0.25, 0.3) is 0 Å². The van der Waals surface area contributed by atoms with E-state index in [0.717, 1.165) is 6.42 Å². The molecule has 0 bridgehead atoms. The summed E-state index contributed by atoms with van der Waals surface area (Å²) in [7, 11) is 0. The molecule has 0 heterocycles. The lowest BCUT2D eigenvalue weighted by Crippen LogP contribution is -1.89. The fourth-order valence-electron chi connectivity index (χ4n) is 3.11. The fourth-order valence-corrected chi connectivity index (χ4v) is 3.11. The first-order chi connectivity index (χ1) is 10.4. The highest BCUT2D eigenvalue weighted by Gasteiger charge is 2.12. The Labute approximate surface area is 128 Å². The smallest absolute Gasteiger partial charge is 0.00137 e. The van der Waals surface area contributed by atoms with E-state index in [1.165, 1.54) is 59.9 Å². The van der Waals surface area contributed by atoms with Crippen LogP contribution in [0.25, 0.3) is 11.6 Å². The van der Waals surface area contributed by atoms with Gasteiger partial charge < -0.3 is 0 Å². The summed E-state index contributed by atoms with van der Waals surface area (Å²) >= 11 is 0. The Morgan fingerprint density at radius 3 is 2.43 bits per heavy atom. The Morgan fingerprint density at radius 1 is 0.857 bits per heavy atom. The average molecular weight is 276 g/mol. The lowest BCUT2D eigenvalue weighted by Gasteiger charge is -2.05. The minimum Gasteiger partial charge on any atom is -0.0654 e. The van der Waals surface area contributed by atoms with Crippen molar-refractivity contribution in [1.29, 1.82) is 0 Å². The summed E-state index contributed by atoms with van der Waals surface area (Å²) in [5.41, 5.74) is 7.15. The molecule has 1 aliphatic carbocycles. The fraction of sp³-hybridized carbons (Fsp3) is 0.333. The first-order valence-electron chi connectivity index (χ1n) is 8.24. The molecule has 0 saturated carbocycles. The van der Waals surface area contributed by atoms with Gasteiger partial charge in [-0.15, -0.1) is 0 Å². The van der Waals surface area contributed by atoms with E-state index in [1.54, 1.807) is 0 Å². The monoisotopic (exact) mass is 276 g/mol. The number of fused-ring (bicyclic) bond motifs is 1. The van der Waals surface area contributed by atoms with Crippen LogP contribution in [0.5, 0.6) is 0 Å². The molecule has 0 unspecified atom stereocenters. The van der Waals surface area contributed by atoms with Gasteiger partial charge in [0.15, 0.2) is 0 Å². The minimum absolute atomic E-state index is 1.08. The van der Waals surface area contributed by atoms with Crippen LogP contribution in [0.4, 0.5) is 0 Å². The van der Waals surface area contributed by atoms with E-state index in [4.69, 9.17) is 0 Å². The van der Waals surface area contributed by atoms with Gasteiger partial charge in [-0.05, 0) is 47.1 Å². The maximum atomic E-state index is 2.34. The normalized spacial score (nSPS) is 13.1. The topological polar surface area (TPSA) is 0 Å². The van der Waals surface area contributed by atoms with Crippen LogP contribution in [0.3, 0.4) is 0 Å². The zero-order chi connectivity index (χ0) is 14.5. The van der Waals surface area contributed by atoms with Gasteiger partial charge in [-0.1, -0.05) is 80.8 Å². The maximum Gasteiger partial charge on any atom is -0.00137 e. The molecule has 0 aliphatic heterocycles. The summed E-state index contributed by atoms with van der Waals surface area (Å²) in [5, 5.41) is 0. The molecule has 108 valence electrons. The van der Waals surface area contributed by atoms with Crippen molar-refractivity contribution in [2.75, 3.05) is 0 Å². The predicted molar refractivity (Wildman–Crippen MR) is 92.3 cm³/mol. The third-order valence-corrected chi connectivity index (χ3v) is 4.41. The van der Waals surface area contributed by atoms with Crippen LogP contribution in [-0.4, -0.2) is 0 Å². The number of aryl methyl sites for hydroxylation is 1. The summed E-state index contributed by atoms with van der Waals surface area (Å²) in [4.78, 5) is 0. The third kappa shape index (κ3) is 3.44. The zero-order valence-electron chi connectivity index (χ0n) is 12.9. The molecule has 0 aromatic heterocycles. The zero-order valence-corrected chi connectivity index (χ0v) is 12.9. The standard InChI is InChI=1S/C21H24/c1-2-3-4-5-8-17-11-13-18(14-12-17)21-15-19-9-6-7-10-20(19)16-21/h6-7,9-15H,2-5,8,16H2,1H3. The molecule has 0 nitrogen and oxygen atoms in total. The molecule has 0 fully saturated rings. The van der Waals surface area contributed by atoms with Crippen molar-refractivity contribution in [3.05, 3.63) is 70.8 Å². The van der Waals surface area contributed by atoms with Crippen molar-refractivity contribution >= 4 is 11.6 Å². The highest BCUT2D eigenvalue weighted by atomic mass is 14.2. The molecule has 21 heavy (non-hydrogen) atoms. The molecular weight excluding hydrogens is 252 g/mol. The van der Waals surface area contributed by atoms with Gasteiger partial charge in [-0.25, -0.2) is 0 Å². The molecule has 0 heteroatoms. The number of unbranched alkanes of at least 4 members (excludes halogenated alkanes) is 3. The van der Waals surface area contributed by atoms with Gasteiger partial charge in [-0.3, -0.25) is 0 Å². The van der Waals surface area contributed by atoms with Gasteiger partial charge in [0.1, 0.15) is 0 Å². The van der Waals surface area contributed by atoms with Crippen molar-refractivity contribution in [2.24, 2.45) is 0 Å². The molecule has 0 radical (unpaired) electrons. The predicted octanol–water partition coefficient (Wildman–Crippen LogP) is 5.91. The number of hydrogen-bond acceptors (Lipinski definition) is 0. The first-order valence-corrected chi connectivity index (χ1v) is 8.24. The molecule has 0 N–H and O–H groups in total. The average Bonchev–Trinajstić information content (AvgIpc) is 2.96. The van der Waals surface area contributed by atoms with E-state index in [-0.39, 0.29) is 0 Å². The molecule has 0 atom stereocenters. The second-order valence-corrected chi connectivity index (χ2v) is 6.05. The van der Waals surface area contributed by atoms with Gasteiger partial charge in [0, 0.05) is 0 Å². The Bertz CT molecular complexity index is 617. The van der Waals surface area contributed by atoms with Crippen molar-refractivity contribution in [3.63, 3.8) is 0 Å². The summed E-state index contributed by atoms with van der Waals surface area (Å²) in [6, 6.07) is 17.9. The second-order valence-electron chi connectivity index (χ2n) is 6.05. The number of hydrogen-bond donors (Lipinski definition) is 0. The van der Waals surface area contributed by atoms with E-state index < -0.39 is 0 Å². The van der Waals surface area contributed by atoms with E-state index in [1.807, 2.05) is 0 Å². The highest BCUT2D eigenvalue weighted by molar-refractivity contribution is 5.88. The van der Waals surface area contributed by atoms with Crippen LogP contribution in [0.15, 0.2) is 48.5 Å². The van der Waals surface area contributed by atoms with Crippen LogP contribution in [0, 0.1) is 0 Å². The second kappa shape index (κ2) is 6.76. The van der Waals surface area contributed by atoms with E-state index in [9.17, 15) is 0 Å². The van der Waals surface area contributed by atoms with E-state index in [0.29, 0.717) is 0 Å². The van der Waals surface area contributed by atoms with E-state index >= 15 is 0 Å². The summed E-state index contributed by atoms with van der Waals surface area (Å²) in [6.45, 7) is 2.27. The largest absolute Gasteiger partial charge is 0.0654 e. The van der Waals surface area contributed by atoms with Crippen molar-refractivity contribution in [1.82, 2.24) is 0 Å². The van der Waals surface area contributed by atoms with Gasteiger partial charge >= 0.3 is 0 Å². The van der Waals surface area contributed by atoms with Crippen LogP contribution in [-0.2, 0) is 12.8 Å². The van der Waals surface area contributed by atoms with Crippen molar-refractivity contribution < 1.29 is 0 Å². The Morgan fingerprint density at radius 2 is 1.67 bits per heavy atom. The molecule has 2 aromatic carbocycles. The van der Waals surface area contributed by atoms with Crippen LogP contribution in [0.2, 0.25) is 0 Å². The lowest BCUT2D eigenvalue weighted by atomic mass is 10.00. The summed E-state index contributed by atoms with van der Waals surface area (Å²) < 4.78 is 0. The molecule has 3 rings (SSSR count). The lowest BCUT2D eigenvalue weighted by molar-refractivity contribution is 0.667. The summed E-state index contributed by atoms with van der Waals surface area (Å²) in [6.07, 6.45) is 9.99. The van der Waals surface area contributed by atoms with Crippen LogP contribution < -0.4 is 0 Å².